The number of hydrogen-bond donors (Lipinski definition) is 3. The number of hydrogen-bond acceptors (Lipinski definition) is 4. The van der Waals surface area contributed by atoms with E-state index in [0.29, 0.717) is 11.3 Å². The number of methoxy groups -OCH3 is 1. The Kier molecular flexibility index (Phi) is 4.73. The van der Waals surface area contributed by atoms with Gasteiger partial charge in [-0.3, -0.25) is 4.99 Å². The van der Waals surface area contributed by atoms with Gasteiger partial charge in [0.2, 0.25) is 0 Å². The number of nitrogens with one attached hydrogen (secondary N) is 1. The van der Waals surface area contributed by atoms with Crippen molar-refractivity contribution in [3.8, 4) is 11.5 Å². The molecule has 0 unspecified atom stereocenters. The van der Waals surface area contributed by atoms with E-state index in [4.69, 9.17) is 22.7 Å². The summed E-state index contributed by atoms with van der Waals surface area (Å²) in [5.41, 5.74) is 7.51. The number of benzene rings is 2. The maximum atomic E-state index is 9.96. The molecule has 0 saturated carbocycles. The topological polar surface area (TPSA) is 79.9 Å². The van der Waals surface area contributed by atoms with Crippen molar-refractivity contribution in [3.63, 3.8) is 0 Å². The van der Waals surface area contributed by atoms with Crippen LogP contribution in [0.1, 0.15) is 5.56 Å². The van der Waals surface area contributed by atoms with Gasteiger partial charge in [-0.1, -0.05) is 6.07 Å². The summed E-state index contributed by atoms with van der Waals surface area (Å²) in [5.74, 6) is 0.477. The Balaban J connectivity index is 2.16. The third kappa shape index (κ3) is 3.93. The lowest BCUT2D eigenvalue weighted by Crippen LogP contribution is -2.18. The Bertz CT molecular complexity index is 669. The third-order valence-corrected chi connectivity index (χ3v) is 2.84. The number of para-hydroxylation sites is 1. The van der Waals surface area contributed by atoms with Gasteiger partial charge in [-0.25, -0.2) is 0 Å². The SMILES string of the molecule is COc1cccc(C=Nc2ccc(NC(N)=S)cc2)c1O. The van der Waals surface area contributed by atoms with Gasteiger partial charge in [0.25, 0.3) is 0 Å². The first-order valence-corrected chi connectivity index (χ1v) is 6.57. The molecule has 21 heavy (non-hydrogen) atoms. The fourth-order valence-electron chi connectivity index (χ4n) is 1.73. The van der Waals surface area contributed by atoms with Gasteiger partial charge >= 0.3 is 0 Å². The number of aromatic hydroxyl groups is 1. The summed E-state index contributed by atoms with van der Waals surface area (Å²) in [6.45, 7) is 0. The maximum Gasteiger partial charge on any atom is 0.168 e. The first-order valence-electron chi connectivity index (χ1n) is 6.16. The van der Waals surface area contributed by atoms with E-state index < -0.39 is 0 Å². The molecule has 6 heteroatoms. The second kappa shape index (κ2) is 6.71. The number of nitrogens with two attached hydrogens (primary N) is 1. The highest BCUT2D eigenvalue weighted by molar-refractivity contribution is 7.80. The standard InChI is InChI=1S/C15H15N3O2S/c1-20-13-4-2-3-10(14(13)19)9-17-11-5-7-12(8-6-11)18-15(16)21/h2-9,19H,1H3,(H3,16,18,21). The van der Waals surface area contributed by atoms with Crippen LogP contribution in [0.2, 0.25) is 0 Å². The number of phenols is 1. The number of ether oxygens (including phenoxy) is 1. The Morgan fingerprint density at radius 1 is 1.29 bits per heavy atom. The molecular weight excluding hydrogens is 286 g/mol. The normalized spacial score (nSPS) is 10.5. The van der Waals surface area contributed by atoms with Crippen LogP contribution in [0.25, 0.3) is 0 Å². The zero-order valence-electron chi connectivity index (χ0n) is 11.4. The number of thiocarbonyl (C=S) groups is 1. The summed E-state index contributed by atoms with van der Waals surface area (Å²) >= 11 is 4.76. The third-order valence-electron chi connectivity index (χ3n) is 2.74. The van der Waals surface area contributed by atoms with Gasteiger partial charge in [-0.05, 0) is 48.6 Å². The van der Waals surface area contributed by atoms with Crippen molar-refractivity contribution < 1.29 is 9.84 Å². The lowest BCUT2D eigenvalue weighted by atomic mass is 10.2. The van der Waals surface area contributed by atoms with Crippen LogP contribution in [0.5, 0.6) is 11.5 Å². The quantitative estimate of drug-likeness (QED) is 0.598. The number of phenolic OH excluding ortho intramolecular Hbond substituents is 1. The van der Waals surface area contributed by atoms with Crippen LogP contribution in [0.15, 0.2) is 47.5 Å². The molecule has 0 aliphatic carbocycles. The molecule has 0 radical (unpaired) electrons. The summed E-state index contributed by atoms with van der Waals surface area (Å²) in [7, 11) is 1.50. The molecular formula is C15H15N3O2S. The predicted octanol–water partition coefficient (Wildman–Crippen LogP) is 2.81. The number of aliphatic imine (C=N–C) groups is 1. The van der Waals surface area contributed by atoms with Crippen LogP contribution < -0.4 is 15.8 Å². The van der Waals surface area contributed by atoms with Gasteiger partial charge < -0.3 is 20.9 Å². The molecule has 0 saturated heterocycles. The molecule has 0 heterocycles. The molecule has 0 aliphatic heterocycles. The Morgan fingerprint density at radius 2 is 2.00 bits per heavy atom. The fraction of sp³-hybridized carbons (Fsp3) is 0.0667. The molecule has 0 atom stereocenters. The summed E-state index contributed by atoms with van der Waals surface area (Å²) in [6, 6.07) is 12.5. The number of anilines is 1. The van der Waals surface area contributed by atoms with Gasteiger partial charge in [0.1, 0.15) is 0 Å². The van der Waals surface area contributed by atoms with E-state index in [2.05, 4.69) is 10.3 Å². The smallest absolute Gasteiger partial charge is 0.168 e. The molecule has 0 fully saturated rings. The van der Waals surface area contributed by atoms with Crippen molar-refractivity contribution >= 4 is 34.9 Å². The van der Waals surface area contributed by atoms with Gasteiger partial charge in [-0.2, -0.15) is 0 Å². The van der Waals surface area contributed by atoms with E-state index in [1.165, 1.54) is 7.11 Å². The number of rotatable bonds is 4. The van der Waals surface area contributed by atoms with Gasteiger partial charge in [-0.15, -0.1) is 0 Å². The average molecular weight is 301 g/mol. The van der Waals surface area contributed by atoms with Crippen LogP contribution in [0.4, 0.5) is 11.4 Å². The summed E-state index contributed by atoms with van der Waals surface area (Å²) in [6.07, 6.45) is 1.58. The molecule has 2 aromatic rings. The summed E-state index contributed by atoms with van der Waals surface area (Å²) in [5, 5.41) is 13.0. The highest BCUT2D eigenvalue weighted by Gasteiger charge is 2.04. The molecule has 108 valence electrons. The minimum atomic E-state index is 0.0653. The van der Waals surface area contributed by atoms with Crippen LogP contribution in [0, 0.1) is 0 Å². The van der Waals surface area contributed by atoms with E-state index in [1.54, 1.807) is 24.4 Å². The molecule has 2 aromatic carbocycles. The van der Waals surface area contributed by atoms with E-state index in [0.717, 1.165) is 11.4 Å². The Hall–Kier alpha value is -2.60. The largest absolute Gasteiger partial charge is 0.504 e. The van der Waals surface area contributed by atoms with E-state index in [-0.39, 0.29) is 10.9 Å². The van der Waals surface area contributed by atoms with Crippen LogP contribution in [0.3, 0.4) is 0 Å². The minimum Gasteiger partial charge on any atom is -0.504 e. The average Bonchev–Trinajstić information content (AvgIpc) is 2.47. The van der Waals surface area contributed by atoms with Crippen molar-refractivity contribution in [2.45, 2.75) is 0 Å². The van der Waals surface area contributed by atoms with E-state index in [1.807, 2.05) is 24.3 Å². The monoisotopic (exact) mass is 301 g/mol. The first-order chi connectivity index (χ1) is 10.1. The highest BCUT2D eigenvalue weighted by atomic mass is 32.1. The lowest BCUT2D eigenvalue weighted by Gasteiger charge is -2.05. The van der Waals surface area contributed by atoms with Crippen molar-refractivity contribution in [2.24, 2.45) is 10.7 Å². The summed E-state index contributed by atoms with van der Waals surface area (Å²) in [4.78, 5) is 4.30. The van der Waals surface area contributed by atoms with Gasteiger partial charge in [0, 0.05) is 17.5 Å². The van der Waals surface area contributed by atoms with Crippen LogP contribution >= 0.6 is 12.2 Å². The molecule has 0 bridgehead atoms. The maximum absolute atomic E-state index is 9.96. The van der Waals surface area contributed by atoms with Gasteiger partial charge in [0.15, 0.2) is 16.6 Å². The first kappa shape index (κ1) is 14.8. The van der Waals surface area contributed by atoms with Crippen molar-refractivity contribution in [2.75, 3.05) is 12.4 Å². The minimum absolute atomic E-state index is 0.0653. The lowest BCUT2D eigenvalue weighted by molar-refractivity contribution is 0.373. The van der Waals surface area contributed by atoms with Crippen molar-refractivity contribution in [1.82, 2.24) is 0 Å². The molecule has 0 amide bonds. The molecule has 0 aliphatic rings. The number of nitrogens with zero attached hydrogens (tertiary/aromatic N) is 1. The van der Waals surface area contributed by atoms with Crippen molar-refractivity contribution in [1.29, 1.82) is 0 Å². The predicted molar refractivity (Wildman–Crippen MR) is 88.8 cm³/mol. The van der Waals surface area contributed by atoms with Crippen LogP contribution in [-0.4, -0.2) is 23.5 Å². The Labute approximate surface area is 128 Å². The fourth-order valence-corrected chi connectivity index (χ4v) is 1.84. The second-order valence-corrected chi connectivity index (χ2v) is 4.63. The molecule has 5 nitrogen and oxygen atoms in total. The molecule has 4 N–H and O–H groups in total. The zero-order valence-corrected chi connectivity index (χ0v) is 12.2. The zero-order chi connectivity index (χ0) is 15.2. The van der Waals surface area contributed by atoms with Crippen LogP contribution in [-0.2, 0) is 0 Å². The summed E-state index contributed by atoms with van der Waals surface area (Å²) < 4.78 is 5.05. The molecule has 0 aromatic heterocycles. The second-order valence-electron chi connectivity index (χ2n) is 4.19. The van der Waals surface area contributed by atoms with E-state index in [9.17, 15) is 5.11 Å². The van der Waals surface area contributed by atoms with Gasteiger partial charge in [0.05, 0.1) is 12.8 Å². The van der Waals surface area contributed by atoms with Crippen molar-refractivity contribution in [3.05, 3.63) is 48.0 Å². The van der Waals surface area contributed by atoms with E-state index >= 15 is 0 Å². The Morgan fingerprint density at radius 3 is 2.62 bits per heavy atom. The molecule has 0 spiro atoms. The molecule has 2 rings (SSSR count). The highest BCUT2D eigenvalue weighted by Crippen LogP contribution is 2.28.